The molecule has 37 heavy (non-hydrogen) atoms. The minimum Gasteiger partial charge on any atom is -0.436 e. The number of benzene rings is 2. The molecular weight excluding hydrogens is 481 g/mol. The average molecular weight is 506 g/mol. The molecule has 1 saturated heterocycles. The number of nitrogens with one attached hydrogen (secondary N) is 2. The van der Waals surface area contributed by atoms with Gasteiger partial charge in [0.2, 0.25) is 11.9 Å². The van der Waals surface area contributed by atoms with Crippen LogP contribution >= 0.6 is 0 Å². The predicted molar refractivity (Wildman–Crippen MR) is 132 cm³/mol. The highest BCUT2D eigenvalue weighted by atomic mass is 19.1. The van der Waals surface area contributed by atoms with Crippen molar-refractivity contribution in [3.8, 4) is 11.6 Å². The van der Waals surface area contributed by atoms with Crippen LogP contribution in [0.15, 0.2) is 76.4 Å². The molecule has 0 aliphatic carbocycles. The minimum atomic E-state index is -0.437. The van der Waals surface area contributed by atoms with Gasteiger partial charge in [0, 0.05) is 30.9 Å². The van der Waals surface area contributed by atoms with Crippen LogP contribution in [0.25, 0.3) is 0 Å². The number of hydrogen-bond acceptors (Lipinski definition) is 8. The minimum absolute atomic E-state index is 0.0699. The first kappa shape index (κ1) is 24.2. The standard InChI is InChI=1S/C26H24FN5O5/c27-19-3-1-17(2-4-19)16-32-25(34)22(30-24(33)18-9-12-35-13-10-18)15-28-26(32)29-20-5-7-21(8-6-20)37-23-11-14-36-31-23/h1-8,11,14-15,18H,9-10,12-13,16H2,(H,28,29)(H,30,33). The van der Waals surface area contributed by atoms with Crippen molar-refractivity contribution in [2.24, 2.45) is 5.92 Å². The van der Waals surface area contributed by atoms with E-state index in [1.807, 2.05) is 0 Å². The third kappa shape index (κ3) is 6.01. The first-order valence-electron chi connectivity index (χ1n) is 11.7. The average Bonchev–Trinajstić information content (AvgIpc) is 3.43. The predicted octanol–water partition coefficient (Wildman–Crippen LogP) is 4.32. The molecule has 2 N–H and O–H groups in total. The van der Waals surface area contributed by atoms with Crippen LogP contribution in [0.1, 0.15) is 18.4 Å². The van der Waals surface area contributed by atoms with E-state index in [4.69, 9.17) is 14.0 Å². The second-order valence-electron chi connectivity index (χ2n) is 8.48. The Kier molecular flexibility index (Phi) is 7.22. The Morgan fingerprint density at radius 3 is 2.54 bits per heavy atom. The van der Waals surface area contributed by atoms with Gasteiger partial charge in [-0.3, -0.25) is 14.2 Å². The third-order valence-corrected chi connectivity index (χ3v) is 5.90. The SMILES string of the molecule is O=C(Nc1cnc(Nc2ccc(Oc3ccon3)cc2)n(Cc2ccc(F)cc2)c1=O)C1CCOCC1. The zero-order valence-corrected chi connectivity index (χ0v) is 19.7. The van der Waals surface area contributed by atoms with Gasteiger partial charge in [-0.1, -0.05) is 12.1 Å². The number of hydrogen-bond donors (Lipinski definition) is 2. The van der Waals surface area contributed by atoms with E-state index >= 15 is 0 Å². The van der Waals surface area contributed by atoms with Crippen molar-refractivity contribution in [2.45, 2.75) is 19.4 Å². The van der Waals surface area contributed by atoms with Crippen molar-refractivity contribution in [1.29, 1.82) is 0 Å². The van der Waals surface area contributed by atoms with E-state index in [1.54, 1.807) is 42.5 Å². The van der Waals surface area contributed by atoms with Crippen molar-refractivity contribution in [1.82, 2.24) is 14.7 Å². The zero-order valence-electron chi connectivity index (χ0n) is 19.7. The highest BCUT2D eigenvalue weighted by molar-refractivity contribution is 5.92. The van der Waals surface area contributed by atoms with Crippen LogP contribution in [0, 0.1) is 11.7 Å². The number of amides is 1. The van der Waals surface area contributed by atoms with E-state index < -0.39 is 5.56 Å². The number of carbonyl (C=O) groups excluding carboxylic acids is 1. The van der Waals surface area contributed by atoms with E-state index in [-0.39, 0.29) is 35.8 Å². The fourth-order valence-electron chi connectivity index (χ4n) is 3.90. The first-order valence-corrected chi connectivity index (χ1v) is 11.7. The lowest BCUT2D eigenvalue weighted by molar-refractivity contribution is -0.122. The van der Waals surface area contributed by atoms with Crippen molar-refractivity contribution in [3.63, 3.8) is 0 Å². The number of aromatic nitrogens is 3. The molecular formula is C26H24FN5O5. The summed E-state index contributed by atoms with van der Waals surface area (Å²) in [5.41, 5.74) is 0.970. The van der Waals surface area contributed by atoms with E-state index in [1.165, 1.54) is 29.2 Å². The molecule has 2 aromatic heterocycles. The molecule has 11 heteroatoms. The number of halogens is 1. The molecule has 10 nitrogen and oxygen atoms in total. The maximum absolute atomic E-state index is 13.4. The zero-order chi connectivity index (χ0) is 25.6. The van der Waals surface area contributed by atoms with Gasteiger partial charge in [-0.2, -0.15) is 0 Å². The molecule has 5 rings (SSSR count). The van der Waals surface area contributed by atoms with Gasteiger partial charge in [-0.05, 0) is 60.0 Å². The summed E-state index contributed by atoms with van der Waals surface area (Å²) in [4.78, 5) is 30.6. The molecule has 190 valence electrons. The Morgan fingerprint density at radius 2 is 1.84 bits per heavy atom. The van der Waals surface area contributed by atoms with Crippen LogP contribution < -0.4 is 20.9 Å². The van der Waals surface area contributed by atoms with E-state index in [2.05, 4.69) is 20.8 Å². The number of anilines is 3. The van der Waals surface area contributed by atoms with Gasteiger partial charge in [0.1, 0.15) is 23.5 Å². The Labute approximate surface area is 211 Å². The third-order valence-electron chi connectivity index (χ3n) is 5.90. The summed E-state index contributed by atoms with van der Waals surface area (Å²) < 4.78 is 30.5. The van der Waals surface area contributed by atoms with Crippen LogP contribution in [-0.2, 0) is 16.1 Å². The fraction of sp³-hybridized carbons (Fsp3) is 0.231. The van der Waals surface area contributed by atoms with Gasteiger partial charge in [0.25, 0.3) is 11.4 Å². The summed E-state index contributed by atoms with van der Waals surface area (Å²) in [5, 5.41) is 9.57. The first-order chi connectivity index (χ1) is 18.0. The van der Waals surface area contributed by atoms with Gasteiger partial charge in [0.05, 0.1) is 12.7 Å². The van der Waals surface area contributed by atoms with Crippen LogP contribution in [0.4, 0.5) is 21.7 Å². The molecule has 0 unspecified atom stereocenters. The lowest BCUT2D eigenvalue weighted by Gasteiger charge is -2.21. The molecule has 1 aliphatic heterocycles. The highest BCUT2D eigenvalue weighted by Gasteiger charge is 2.23. The number of ether oxygens (including phenoxy) is 2. The summed E-state index contributed by atoms with van der Waals surface area (Å²) in [7, 11) is 0. The molecule has 0 saturated carbocycles. The molecule has 4 aromatic rings. The lowest BCUT2D eigenvalue weighted by atomic mass is 9.99. The lowest BCUT2D eigenvalue weighted by Crippen LogP contribution is -2.33. The monoisotopic (exact) mass is 505 g/mol. The smallest absolute Gasteiger partial charge is 0.279 e. The normalized spacial score (nSPS) is 13.8. The summed E-state index contributed by atoms with van der Waals surface area (Å²) in [6.45, 7) is 1.13. The number of carbonyl (C=O) groups is 1. The molecule has 3 heterocycles. The maximum atomic E-state index is 13.4. The van der Waals surface area contributed by atoms with Crippen molar-refractivity contribution >= 4 is 23.2 Å². The van der Waals surface area contributed by atoms with Crippen LogP contribution in [-0.4, -0.2) is 33.8 Å². The van der Waals surface area contributed by atoms with Gasteiger partial charge in [-0.15, -0.1) is 0 Å². The number of rotatable bonds is 8. The molecule has 0 bridgehead atoms. The Balaban J connectivity index is 1.40. The molecule has 1 fully saturated rings. The molecule has 0 radical (unpaired) electrons. The molecule has 1 amide bonds. The number of nitrogens with zero attached hydrogens (tertiary/aromatic N) is 3. The van der Waals surface area contributed by atoms with E-state index in [0.29, 0.717) is 48.9 Å². The van der Waals surface area contributed by atoms with Crippen molar-refractivity contribution in [2.75, 3.05) is 23.8 Å². The summed E-state index contributed by atoms with van der Waals surface area (Å²) in [5.74, 6) is 0.283. The van der Waals surface area contributed by atoms with Crippen molar-refractivity contribution in [3.05, 3.63) is 88.8 Å². The van der Waals surface area contributed by atoms with Crippen LogP contribution in [0.2, 0.25) is 0 Å². The Bertz CT molecular complexity index is 1400. The van der Waals surface area contributed by atoms with E-state index in [0.717, 1.165) is 0 Å². The summed E-state index contributed by atoms with van der Waals surface area (Å²) in [6.07, 6.45) is 3.94. The fourth-order valence-corrected chi connectivity index (χ4v) is 3.90. The van der Waals surface area contributed by atoms with Gasteiger partial charge in [-0.25, -0.2) is 9.37 Å². The van der Waals surface area contributed by atoms with E-state index in [9.17, 15) is 14.0 Å². The topological polar surface area (TPSA) is 121 Å². The quantitative estimate of drug-likeness (QED) is 0.363. The maximum Gasteiger partial charge on any atom is 0.279 e. The molecule has 2 aromatic carbocycles. The molecule has 0 atom stereocenters. The highest BCUT2D eigenvalue weighted by Crippen LogP contribution is 2.23. The largest absolute Gasteiger partial charge is 0.436 e. The second kappa shape index (κ2) is 11.0. The molecule has 0 spiro atoms. The van der Waals surface area contributed by atoms with Crippen LogP contribution in [0.3, 0.4) is 0 Å². The van der Waals surface area contributed by atoms with Gasteiger partial charge < -0.3 is 24.6 Å². The second-order valence-corrected chi connectivity index (χ2v) is 8.48. The van der Waals surface area contributed by atoms with Gasteiger partial charge in [0.15, 0.2) is 0 Å². The van der Waals surface area contributed by atoms with Gasteiger partial charge >= 0.3 is 0 Å². The van der Waals surface area contributed by atoms with Crippen molar-refractivity contribution < 1.29 is 23.2 Å². The Hall–Kier alpha value is -4.51. The van der Waals surface area contributed by atoms with Crippen LogP contribution in [0.5, 0.6) is 11.6 Å². The summed E-state index contributed by atoms with van der Waals surface area (Å²) >= 11 is 0. The molecule has 1 aliphatic rings. The Morgan fingerprint density at radius 1 is 1.08 bits per heavy atom. The summed E-state index contributed by atoms with van der Waals surface area (Å²) in [6, 6.07) is 14.4.